The zero-order valence-electron chi connectivity index (χ0n) is 19.6. The minimum atomic E-state index is -0.505. The van der Waals surface area contributed by atoms with Crippen LogP contribution in [0.1, 0.15) is 46.1 Å². The van der Waals surface area contributed by atoms with Crippen LogP contribution in [-0.4, -0.2) is 60.7 Å². The summed E-state index contributed by atoms with van der Waals surface area (Å²) in [6.45, 7) is 13.6. The number of hydrogen-bond donors (Lipinski definition) is 1. The molecule has 1 saturated carbocycles. The van der Waals surface area contributed by atoms with Gasteiger partial charge >= 0.3 is 0 Å². The first kappa shape index (κ1) is 23.8. The topological polar surface area (TPSA) is 62.0 Å². The van der Waals surface area contributed by atoms with E-state index in [9.17, 15) is 5.11 Å². The van der Waals surface area contributed by atoms with E-state index in [1.165, 1.54) is 12.8 Å². The number of hydrogen-bond acceptors (Lipinski definition) is 6. The molecule has 1 fully saturated rings. The smallest absolute Gasteiger partial charge is 0.232 e. The Morgan fingerprint density at radius 3 is 2.45 bits per heavy atom. The zero-order chi connectivity index (χ0) is 22.2. The lowest BCUT2D eigenvalue weighted by Crippen LogP contribution is -2.36. The first-order chi connectivity index (χ1) is 15.0. The number of ether oxygens (including phenoxy) is 1. The molecule has 0 bridgehead atoms. The third kappa shape index (κ3) is 7.06. The molecule has 0 unspecified atom stereocenters. The fraction of sp³-hybridized carbons (Fsp3) is 0.640. The van der Waals surface area contributed by atoms with Crippen molar-refractivity contribution in [3.05, 3.63) is 35.9 Å². The van der Waals surface area contributed by atoms with Crippen molar-refractivity contribution in [1.29, 1.82) is 0 Å². The Labute approximate surface area is 187 Å². The molecule has 0 saturated heterocycles. The van der Waals surface area contributed by atoms with Crippen molar-refractivity contribution in [1.82, 2.24) is 10.1 Å². The highest BCUT2D eigenvalue weighted by Crippen LogP contribution is 2.35. The van der Waals surface area contributed by atoms with Crippen molar-refractivity contribution < 1.29 is 14.4 Å². The van der Waals surface area contributed by atoms with Gasteiger partial charge < -0.3 is 19.3 Å². The van der Waals surface area contributed by atoms with Crippen LogP contribution in [0.15, 0.2) is 34.9 Å². The summed E-state index contributed by atoms with van der Waals surface area (Å²) >= 11 is 0. The summed E-state index contributed by atoms with van der Waals surface area (Å²) in [6, 6.07) is 10.2. The highest BCUT2D eigenvalue weighted by atomic mass is 16.5. The first-order valence-electron chi connectivity index (χ1n) is 11.8. The van der Waals surface area contributed by atoms with Crippen molar-refractivity contribution in [3.63, 3.8) is 0 Å². The molecular formula is C25H39N3O3. The summed E-state index contributed by atoms with van der Waals surface area (Å²) in [5, 5.41) is 15.1. The molecule has 1 aliphatic carbocycles. The molecule has 31 heavy (non-hydrogen) atoms. The number of benzene rings is 1. The molecule has 1 N–H and O–H groups in total. The van der Waals surface area contributed by atoms with E-state index in [0.717, 1.165) is 48.3 Å². The number of aliphatic hydroxyl groups is 1. The third-order valence-corrected chi connectivity index (χ3v) is 5.69. The van der Waals surface area contributed by atoms with Crippen LogP contribution in [0, 0.1) is 11.8 Å². The molecule has 0 spiro atoms. The van der Waals surface area contributed by atoms with Crippen LogP contribution < -0.4 is 4.90 Å². The van der Waals surface area contributed by atoms with Gasteiger partial charge in [0.25, 0.3) is 0 Å². The molecule has 1 aromatic heterocycles. The average molecular weight is 430 g/mol. The lowest BCUT2D eigenvalue weighted by atomic mass is 10.1. The molecule has 172 valence electrons. The van der Waals surface area contributed by atoms with Crippen LogP contribution in [0.5, 0.6) is 0 Å². The SMILES string of the molecule is CCN(CC)c1onc(-c2ccccc2)c1CN(CC1CC1)C[C@@H](O)COCC(C)C. The maximum Gasteiger partial charge on any atom is 0.232 e. The van der Waals surface area contributed by atoms with E-state index in [4.69, 9.17) is 9.26 Å². The molecule has 0 amide bonds. The maximum atomic E-state index is 10.6. The number of rotatable bonds is 14. The summed E-state index contributed by atoms with van der Waals surface area (Å²) in [6.07, 6.45) is 2.04. The predicted octanol–water partition coefficient (Wildman–Crippen LogP) is 4.43. The molecule has 0 aliphatic heterocycles. The van der Waals surface area contributed by atoms with Gasteiger partial charge in [0.2, 0.25) is 5.88 Å². The van der Waals surface area contributed by atoms with Crippen LogP contribution >= 0.6 is 0 Å². The quantitative estimate of drug-likeness (QED) is 0.479. The Morgan fingerprint density at radius 2 is 1.84 bits per heavy atom. The molecule has 1 atom stereocenters. The van der Waals surface area contributed by atoms with Gasteiger partial charge in [0.05, 0.1) is 18.3 Å². The Bertz CT molecular complexity index is 770. The Hall–Kier alpha value is -1.89. The van der Waals surface area contributed by atoms with E-state index in [-0.39, 0.29) is 0 Å². The van der Waals surface area contributed by atoms with Gasteiger partial charge in [-0.15, -0.1) is 0 Å². The largest absolute Gasteiger partial charge is 0.389 e. The molecule has 0 radical (unpaired) electrons. The van der Waals surface area contributed by atoms with Gasteiger partial charge in [-0.2, -0.15) is 0 Å². The summed E-state index contributed by atoms with van der Waals surface area (Å²) < 4.78 is 11.6. The highest BCUT2D eigenvalue weighted by molar-refractivity contribution is 5.68. The second-order valence-electron chi connectivity index (χ2n) is 9.08. The molecule has 2 aromatic rings. The van der Waals surface area contributed by atoms with Gasteiger partial charge in [-0.25, -0.2) is 0 Å². The fourth-order valence-corrected chi connectivity index (χ4v) is 3.91. The van der Waals surface area contributed by atoms with Crippen LogP contribution in [0.2, 0.25) is 0 Å². The van der Waals surface area contributed by atoms with Crippen molar-refractivity contribution in [3.8, 4) is 11.3 Å². The molecule has 6 heteroatoms. The zero-order valence-corrected chi connectivity index (χ0v) is 19.6. The van der Waals surface area contributed by atoms with E-state index >= 15 is 0 Å². The van der Waals surface area contributed by atoms with Gasteiger partial charge in [0.1, 0.15) is 5.69 Å². The second-order valence-corrected chi connectivity index (χ2v) is 9.08. The average Bonchev–Trinajstić information content (AvgIpc) is 3.48. The normalized spacial score (nSPS) is 15.1. The van der Waals surface area contributed by atoms with Crippen LogP contribution in [0.3, 0.4) is 0 Å². The first-order valence-corrected chi connectivity index (χ1v) is 11.8. The number of anilines is 1. The van der Waals surface area contributed by atoms with E-state index in [0.29, 0.717) is 32.2 Å². The van der Waals surface area contributed by atoms with Gasteiger partial charge in [0.15, 0.2) is 0 Å². The number of aromatic nitrogens is 1. The van der Waals surface area contributed by atoms with Crippen molar-refractivity contribution in [2.45, 2.75) is 53.2 Å². The standard InChI is InChI=1S/C25H39N3O3/c1-5-28(6-2)25-23(24(26-31-25)21-10-8-7-9-11-21)16-27(14-20-12-13-20)15-22(29)18-30-17-19(3)4/h7-11,19-20,22,29H,5-6,12-18H2,1-4H3/t22-/m1/s1. The minimum absolute atomic E-state index is 0.372. The van der Waals surface area contributed by atoms with E-state index in [1.807, 2.05) is 18.2 Å². The van der Waals surface area contributed by atoms with Crippen molar-refractivity contribution in [2.24, 2.45) is 11.8 Å². The molecule has 1 aromatic carbocycles. The lowest BCUT2D eigenvalue weighted by molar-refractivity contribution is 0.00621. The Kier molecular flexibility index (Phi) is 8.93. The minimum Gasteiger partial charge on any atom is -0.389 e. The van der Waals surface area contributed by atoms with E-state index < -0.39 is 6.10 Å². The van der Waals surface area contributed by atoms with E-state index in [1.54, 1.807) is 0 Å². The highest BCUT2D eigenvalue weighted by Gasteiger charge is 2.29. The van der Waals surface area contributed by atoms with Crippen LogP contribution in [0.4, 0.5) is 5.88 Å². The second kappa shape index (κ2) is 11.7. The monoisotopic (exact) mass is 429 g/mol. The van der Waals surface area contributed by atoms with Crippen LogP contribution in [0.25, 0.3) is 11.3 Å². The molecule has 6 nitrogen and oxygen atoms in total. The fourth-order valence-electron chi connectivity index (χ4n) is 3.91. The van der Waals surface area contributed by atoms with Gasteiger partial charge in [-0.1, -0.05) is 49.3 Å². The van der Waals surface area contributed by atoms with Gasteiger partial charge in [-0.05, 0) is 38.5 Å². The maximum absolute atomic E-state index is 10.6. The summed E-state index contributed by atoms with van der Waals surface area (Å²) in [5.41, 5.74) is 3.06. The summed E-state index contributed by atoms with van der Waals surface area (Å²) in [4.78, 5) is 4.57. The van der Waals surface area contributed by atoms with Crippen LogP contribution in [-0.2, 0) is 11.3 Å². The molecule has 1 aliphatic rings. The number of nitrogens with zero attached hydrogens (tertiary/aromatic N) is 3. The molecule has 1 heterocycles. The van der Waals surface area contributed by atoms with Crippen molar-refractivity contribution >= 4 is 5.88 Å². The Morgan fingerprint density at radius 1 is 1.13 bits per heavy atom. The van der Waals surface area contributed by atoms with E-state index in [2.05, 4.69) is 54.8 Å². The van der Waals surface area contributed by atoms with Gasteiger partial charge in [0, 0.05) is 44.9 Å². The predicted molar refractivity (Wildman–Crippen MR) is 125 cm³/mol. The van der Waals surface area contributed by atoms with Gasteiger partial charge in [-0.3, -0.25) is 4.90 Å². The lowest BCUT2D eigenvalue weighted by Gasteiger charge is -2.27. The van der Waals surface area contributed by atoms with Crippen molar-refractivity contribution in [2.75, 3.05) is 44.3 Å². The third-order valence-electron chi connectivity index (χ3n) is 5.69. The summed E-state index contributed by atoms with van der Waals surface area (Å²) in [7, 11) is 0. The molecular weight excluding hydrogens is 390 g/mol. The summed E-state index contributed by atoms with van der Waals surface area (Å²) in [5.74, 6) is 2.03. The molecule has 3 rings (SSSR count). The Balaban J connectivity index is 1.80. The number of aliphatic hydroxyl groups excluding tert-OH is 1.